The third-order valence-corrected chi connectivity index (χ3v) is 5.92. The van der Waals surface area contributed by atoms with Crippen molar-refractivity contribution < 1.29 is 23.7 Å². The first-order valence-corrected chi connectivity index (χ1v) is 10.9. The molecule has 3 aromatic rings. The summed E-state index contributed by atoms with van der Waals surface area (Å²) in [4.78, 5) is 13.0. The van der Waals surface area contributed by atoms with Crippen LogP contribution in [-0.4, -0.2) is 33.3 Å². The largest absolute Gasteiger partial charge is 0.497 e. The number of nitrogens with one attached hydrogen (secondary N) is 1. The number of fused-ring (bicyclic) bond motifs is 1. The molecule has 1 aliphatic carbocycles. The van der Waals surface area contributed by atoms with Crippen LogP contribution in [0.3, 0.4) is 0 Å². The van der Waals surface area contributed by atoms with Crippen LogP contribution in [0.5, 0.6) is 17.2 Å². The fourth-order valence-corrected chi connectivity index (χ4v) is 4.19. The van der Waals surface area contributed by atoms with E-state index < -0.39 is 0 Å². The van der Waals surface area contributed by atoms with Crippen LogP contribution in [0.15, 0.2) is 66.7 Å². The molecule has 0 aliphatic heterocycles. The molecule has 6 nitrogen and oxygen atoms in total. The predicted octanol–water partition coefficient (Wildman–Crippen LogP) is 4.25. The zero-order chi connectivity index (χ0) is 23.2. The zero-order valence-electron chi connectivity index (χ0n) is 19.2. The summed E-state index contributed by atoms with van der Waals surface area (Å²) < 4.78 is 22.5. The molecule has 3 aromatic carbocycles. The van der Waals surface area contributed by atoms with Gasteiger partial charge < -0.3 is 24.3 Å². The number of amides is 1. The molecule has 0 spiro atoms. The molecule has 0 radical (unpaired) electrons. The Hall–Kier alpha value is -3.51. The smallest absolute Gasteiger partial charge is 0.224 e. The van der Waals surface area contributed by atoms with Crippen LogP contribution in [0.25, 0.3) is 0 Å². The van der Waals surface area contributed by atoms with Gasteiger partial charge in [-0.25, -0.2) is 0 Å². The van der Waals surface area contributed by atoms with E-state index >= 15 is 0 Å². The van der Waals surface area contributed by atoms with Gasteiger partial charge >= 0.3 is 0 Å². The van der Waals surface area contributed by atoms with Crippen LogP contribution in [0.4, 0.5) is 0 Å². The molecule has 1 amide bonds. The number of rotatable bonds is 9. The van der Waals surface area contributed by atoms with Crippen LogP contribution >= 0.6 is 0 Å². The van der Waals surface area contributed by atoms with Gasteiger partial charge in [0.15, 0.2) is 11.5 Å². The maximum atomic E-state index is 13.0. The first-order chi connectivity index (χ1) is 16.1. The SMILES string of the molecule is COc1ccc(CC(=O)N[C@@H]2c3cc(OC)c(OC)cc3C[C@H]2OCc2ccccc2)cc1. The highest BCUT2D eigenvalue weighted by Gasteiger charge is 2.35. The van der Waals surface area contributed by atoms with Crippen LogP contribution in [-0.2, 0) is 29.0 Å². The molecule has 0 bridgehead atoms. The number of ether oxygens (including phenoxy) is 4. The Balaban J connectivity index is 1.54. The highest BCUT2D eigenvalue weighted by molar-refractivity contribution is 5.79. The fraction of sp³-hybridized carbons (Fsp3) is 0.296. The summed E-state index contributed by atoms with van der Waals surface area (Å²) in [6.07, 6.45) is 0.752. The summed E-state index contributed by atoms with van der Waals surface area (Å²) in [5.74, 6) is 2.00. The summed E-state index contributed by atoms with van der Waals surface area (Å²) in [7, 11) is 4.86. The summed E-state index contributed by atoms with van der Waals surface area (Å²) >= 11 is 0. The Labute approximate surface area is 194 Å². The van der Waals surface area contributed by atoms with E-state index in [0.717, 1.165) is 28.0 Å². The molecule has 6 heteroatoms. The van der Waals surface area contributed by atoms with E-state index in [1.165, 1.54) is 0 Å². The first kappa shape index (κ1) is 22.7. The van der Waals surface area contributed by atoms with Crippen molar-refractivity contribution in [2.75, 3.05) is 21.3 Å². The Morgan fingerprint density at radius 2 is 1.58 bits per heavy atom. The number of methoxy groups -OCH3 is 3. The molecule has 0 aromatic heterocycles. The highest BCUT2D eigenvalue weighted by Crippen LogP contribution is 2.41. The lowest BCUT2D eigenvalue weighted by Gasteiger charge is -2.23. The number of benzene rings is 3. The van der Waals surface area contributed by atoms with Gasteiger partial charge in [-0.15, -0.1) is 0 Å². The lowest BCUT2D eigenvalue weighted by atomic mass is 10.1. The maximum Gasteiger partial charge on any atom is 0.224 e. The minimum Gasteiger partial charge on any atom is -0.497 e. The second-order valence-electron chi connectivity index (χ2n) is 8.02. The molecule has 33 heavy (non-hydrogen) atoms. The Morgan fingerprint density at radius 1 is 0.879 bits per heavy atom. The number of carbonyl (C=O) groups is 1. The minimum absolute atomic E-state index is 0.0684. The maximum absolute atomic E-state index is 13.0. The van der Waals surface area contributed by atoms with Crippen LogP contribution < -0.4 is 19.5 Å². The van der Waals surface area contributed by atoms with Crippen molar-refractivity contribution in [2.45, 2.75) is 31.6 Å². The van der Waals surface area contributed by atoms with Gasteiger partial charge in [0.1, 0.15) is 5.75 Å². The van der Waals surface area contributed by atoms with Gasteiger partial charge in [-0.2, -0.15) is 0 Å². The van der Waals surface area contributed by atoms with E-state index in [-0.39, 0.29) is 24.5 Å². The molecule has 0 saturated heterocycles. The predicted molar refractivity (Wildman–Crippen MR) is 126 cm³/mol. The zero-order valence-corrected chi connectivity index (χ0v) is 19.2. The van der Waals surface area contributed by atoms with E-state index in [1.54, 1.807) is 21.3 Å². The van der Waals surface area contributed by atoms with Crippen molar-refractivity contribution in [3.05, 3.63) is 89.0 Å². The minimum atomic E-state index is -0.283. The van der Waals surface area contributed by atoms with Gasteiger partial charge in [-0.05, 0) is 46.5 Å². The van der Waals surface area contributed by atoms with Gasteiger partial charge in [0, 0.05) is 6.42 Å². The second-order valence-corrected chi connectivity index (χ2v) is 8.02. The second kappa shape index (κ2) is 10.4. The summed E-state index contributed by atoms with van der Waals surface area (Å²) in [6, 6.07) is 21.2. The van der Waals surface area contributed by atoms with Gasteiger partial charge in [0.2, 0.25) is 5.91 Å². The van der Waals surface area contributed by atoms with Crippen LogP contribution in [0.2, 0.25) is 0 Å². The first-order valence-electron chi connectivity index (χ1n) is 10.9. The standard InChI is InChI=1S/C27H29NO5/c1-30-21-11-9-18(10-12-21)13-26(29)28-27-22-16-24(32-3)23(31-2)14-20(22)15-25(27)33-17-19-7-5-4-6-8-19/h4-12,14,16,25,27H,13,15,17H2,1-3H3,(H,28,29)/t25-,27-/m1/s1. The van der Waals surface area contributed by atoms with Gasteiger partial charge in [-0.3, -0.25) is 4.79 Å². The van der Waals surface area contributed by atoms with Crippen molar-refractivity contribution in [1.82, 2.24) is 5.32 Å². The molecule has 172 valence electrons. The third-order valence-electron chi connectivity index (χ3n) is 5.92. The molecule has 0 heterocycles. The molecule has 1 N–H and O–H groups in total. The fourth-order valence-electron chi connectivity index (χ4n) is 4.19. The van der Waals surface area contributed by atoms with E-state index in [1.807, 2.05) is 66.7 Å². The Morgan fingerprint density at radius 3 is 2.24 bits per heavy atom. The van der Waals surface area contributed by atoms with Gasteiger partial charge in [0.05, 0.1) is 46.5 Å². The quantitative estimate of drug-likeness (QED) is 0.531. The van der Waals surface area contributed by atoms with Crippen molar-refractivity contribution in [1.29, 1.82) is 0 Å². The topological polar surface area (TPSA) is 66.0 Å². The molecule has 0 fully saturated rings. The molecular formula is C27H29NO5. The molecular weight excluding hydrogens is 418 g/mol. The van der Waals surface area contributed by atoms with E-state index in [2.05, 4.69) is 5.32 Å². The van der Waals surface area contributed by atoms with Crippen molar-refractivity contribution in [3.8, 4) is 17.2 Å². The molecule has 2 atom stereocenters. The van der Waals surface area contributed by atoms with Gasteiger partial charge in [0.25, 0.3) is 0 Å². The van der Waals surface area contributed by atoms with Crippen molar-refractivity contribution >= 4 is 5.91 Å². The molecule has 4 rings (SSSR count). The van der Waals surface area contributed by atoms with Crippen LogP contribution in [0, 0.1) is 0 Å². The highest BCUT2D eigenvalue weighted by atomic mass is 16.5. The summed E-state index contributed by atoms with van der Waals surface area (Å²) in [5, 5.41) is 3.20. The van der Waals surface area contributed by atoms with Gasteiger partial charge in [-0.1, -0.05) is 42.5 Å². The summed E-state index contributed by atoms with van der Waals surface area (Å²) in [6.45, 7) is 0.471. The molecule has 0 saturated carbocycles. The van der Waals surface area contributed by atoms with Crippen LogP contribution in [0.1, 0.15) is 28.3 Å². The Kier molecular flexibility index (Phi) is 7.15. The number of carbonyl (C=O) groups excluding carboxylic acids is 1. The average molecular weight is 448 g/mol. The van der Waals surface area contributed by atoms with E-state index in [4.69, 9.17) is 18.9 Å². The lowest BCUT2D eigenvalue weighted by molar-refractivity contribution is -0.122. The normalized spacial score (nSPS) is 16.7. The molecule has 1 aliphatic rings. The molecule has 0 unspecified atom stereocenters. The number of hydrogen-bond donors (Lipinski definition) is 1. The van der Waals surface area contributed by atoms with E-state index in [0.29, 0.717) is 24.5 Å². The summed E-state index contributed by atoms with van der Waals surface area (Å²) in [5.41, 5.74) is 4.08. The van der Waals surface area contributed by atoms with Crippen molar-refractivity contribution in [3.63, 3.8) is 0 Å². The van der Waals surface area contributed by atoms with E-state index in [9.17, 15) is 4.79 Å². The Bertz CT molecular complexity index is 1080. The van der Waals surface area contributed by atoms with Crippen molar-refractivity contribution in [2.24, 2.45) is 0 Å². The third kappa shape index (κ3) is 5.29. The number of hydrogen-bond acceptors (Lipinski definition) is 5. The monoisotopic (exact) mass is 447 g/mol. The average Bonchev–Trinajstić information content (AvgIpc) is 3.18. The lowest BCUT2D eigenvalue weighted by Crippen LogP contribution is -2.36.